The molecule has 0 aliphatic carbocycles. The second kappa shape index (κ2) is 8.69. The molecule has 0 unspecified atom stereocenters. The summed E-state index contributed by atoms with van der Waals surface area (Å²) in [6.07, 6.45) is 6.16. The Bertz CT molecular complexity index is 1160. The van der Waals surface area contributed by atoms with E-state index in [2.05, 4.69) is 66.1 Å². The Hall–Kier alpha value is -2.81. The van der Waals surface area contributed by atoms with Crippen LogP contribution in [0.25, 0.3) is 34.5 Å². The van der Waals surface area contributed by atoms with Crippen LogP contribution in [-0.4, -0.2) is 9.55 Å². The van der Waals surface area contributed by atoms with Crippen molar-refractivity contribution in [1.29, 1.82) is 0 Å². The normalized spacial score (nSPS) is 11.3. The third-order valence-corrected chi connectivity index (χ3v) is 5.32. The topological polar surface area (TPSA) is 17.8 Å². The van der Waals surface area contributed by atoms with Crippen molar-refractivity contribution in [2.24, 2.45) is 0 Å². The summed E-state index contributed by atoms with van der Waals surface area (Å²) in [6, 6.07) is 24.3. The molecule has 0 spiro atoms. The highest BCUT2D eigenvalue weighted by molar-refractivity contribution is 6.36. The quantitative estimate of drug-likeness (QED) is 0.324. The molecule has 4 rings (SSSR count). The van der Waals surface area contributed by atoms with Crippen LogP contribution in [0.2, 0.25) is 10.0 Å². The lowest BCUT2D eigenvalue weighted by molar-refractivity contribution is 0.753. The van der Waals surface area contributed by atoms with E-state index in [-0.39, 0.29) is 0 Å². The summed E-state index contributed by atoms with van der Waals surface area (Å²) in [7, 11) is 0. The summed E-state index contributed by atoms with van der Waals surface area (Å²) in [6.45, 7) is 2.92. The van der Waals surface area contributed by atoms with Crippen LogP contribution in [0.1, 0.15) is 18.3 Å². The van der Waals surface area contributed by atoms with Gasteiger partial charge in [-0.3, -0.25) is 0 Å². The molecule has 0 radical (unpaired) electrons. The van der Waals surface area contributed by atoms with Crippen LogP contribution in [-0.2, 0) is 6.54 Å². The van der Waals surface area contributed by atoms with Gasteiger partial charge in [0.25, 0.3) is 0 Å². The fourth-order valence-electron chi connectivity index (χ4n) is 3.27. The molecule has 0 aliphatic rings. The van der Waals surface area contributed by atoms with Gasteiger partial charge in [0.05, 0.1) is 10.7 Å². The van der Waals surface area contributed by atoms with Gasteiger partial charge in [-0.2, -0.15) is 0 Å². The number of halogens is 2. The van der Waals surface area contributed by atoms with E-state index in [1.807, 2.05) is 30.5 Å². The van der Waals surface area contributed by atoms with E-state index in [9.17, 15) is 0 Å². The van der Waals surface area contributed by atoms with E-state index in [0.717, 1.165) is 29.2 Å². The fraction of sp³-hybridized carbons (Fsp3) is 0.0800. The summed E-state index contributed by atoms with van der Waals surface area (Å²) in [5.41, 5.74) is 5.25. The summed E-state index contributed by atoms with van der Waals surface area (Å²) in [4.78, 5) is 4.79. The Labute approximate surface area is 181 Å². The number of benzene rings is 3. The van der Waals surface area contributed by atoms with Crippen molar-refractivity contribution in [3.63, 3.8) is 0 Å². The van der Waals surface area contributed by atoms with Crippen molar-refractivity contribution in [2.45, 2.75) is 13.5 Å². The number of hydrogen-bond donors (Lipinski definition) is 0. The van der Waals surface area contributed by atoms with Gasteiger partial charge in [-0.15, -0.1) is 0 Å². The van der Waals surface area contributed by atoms with E-state index in [0.29, 0.717) is 10.0 Å². The zero-order valence-corrected chi connectivity index (χ0v) is 17.5. The molecule has 1 aromatic heterocycles. The average Bonchev–Trinajstić information content (AvgIpc) is 3.16. The number of rotatable bonds is 5. The maximum Gasteiger partial charge on any atom is 0.133 e. The monoisotopic (exact) mass is 418 g/mol. The highest BCUT2D eigenvalue weighted by Crippen LogP contribution is 2.30. The van der Waals surface area contributed by atoms with Crippen LogP contribution >= 0.6 is 23.2 Å². The van der Waals surface area contributed by atoms with Crippen LogP contribution in [0.15, 0.2) is 79.0 Å². The smallest absolute Gasteiger partial charge is 0.133 e. The Morgan fingerprint density at radius 1 is 0.862 bits per heavy atom. The summed E-state index contributed by atoms with van der Waals surface area (Å²) in [5, 5.41) is 1.22. The van der Waals surface area contributed by atoms with Crippen molar-refractivity contribution in [3.8, 4) is 22.4 Å². The number of imidazole rings is 1. The first-order valence-electron chi connectivity index (χ1n) is 9.50. The van der Waals surface area contributed by atoms with Crippen molar-refractivity contribution in [2.75, 3.05) is 0 Å². The molecule has 0 atom stereocenters. The summed E-state index contributed by atoms with van der Waals surface area (Å²) < 4.78 is 2.11. The van der Waals surface area contributed by atoms with Gasteiger partial charge in [-0.05, 0) is 54.0 Å². The highest BCUT2D eigenvalue weighted by Gasteiger charge is 2.10. The minimum absolute atomic E-state index is 0.601. The zero-order valence-electron chi connectivity index (χ0n) is 16.0. The van der Waals surface area contributed by atoms with Crippen LogP contribution in [0, 0.1) is 0 Å². The Morgan fingerprint density at radius 2 is 1.66 bits per heavy atom. The van der Waals surface area contributed by atoms with Crippen molar-refractivity contribution >= 4 is 35.4 Å². The van der Waals surface area contributed by atoms with Gasteiger partial charge in [-0.25, -0.2) is 4.98 Å². The standard InChI is InChI=1S/C25H20Cl2N2/c1-2-29-17-24(22-13-12-21(26)16-23(22)27)28-25(29)14-11-18-7-6-10-20(15-18)19-8-4-3-5-9-19/h3-17H,2H2,1H3/b14-11+. The molecule has 29 heavy (non-hydrogen) atoms. The molecule has 0 N–H and O–H groups in total. The van der Waals surface area contributed by atoms with E-state index < -0.39 is 0 Å². The largest absolute Gasteiger partial charge is 0.331 e. The third kappa shape index (κ3) is 4.45. The minimum atomic E-state index is 0.601. The van der Waals surface area contributed by atoms with Gasteiger partial charge in [0.2, 0.25) is 0 Å². The molecule has 3 aromatic carbocycles. The first-order chi connectivity index (χ1) is 14.1. The van der Waals surface area contributed by atoms with Crippen LogP contribution < -0.4 is 0 Å². The lowest BCUT2D eigenvalue weighted by Crippen LogP contribution is -1.94. The SMILES string of the molecule is CCn1cc(-c2ccc(Cl)cc2Cl)nc1/C=C/c1cccc(-c2ccccc2)c1. The molecule has 0 saturated heterocycles. The Morgan fingerprint density at radius 3 is 2.41 bits per heavy atom. The maximum absolute atomic E-state index is 6.37. The highest BCUT2D eigenvalue weighted by atomic mass is 35.5. The summed E-state index contributed by atoms with van der Waals surface area (Å²) in [5.74, 6) is 0.888. The van der Waals surface area contributed by atoms with Crippen LogP contribution in [0.4, 0.5) is 0 Å². The maximum atomic E-state index is 6.37. The molecule has 144 valence electrons. The lowest BCUT2D eigenvalue weighted by Gasteiger charge is -2.03. The number of nitrogens with zero attached hydrogens (tertiary/aromatic N) is 2. The van der Waals surface area contributed by atoms with Crippen molar-refractivity contribution in [1.82, 2.24) is 9.55 Å². The number of aryl methyl sites for hydroxylation is 1. The van der Waals surface area contributed by atoms with E-state index in [4.69, 9.17) is 28.2 Å². The third-order valence-electron chi connectivity index (χ3n) is 4.77. The predicted molar refractivity (Wildman–Crippen MR) is 124 cm³/mol. The van der Waals surface area contributed by atoms with E-state index in [1.165, 1.54) is 11.1 Å². The average molecular weight is 419 g/mol. The summed E-state index contributed by atoms with van der Waals surface area (Å²) >= 11 is 12.4. The van der Waals surface area contributed by atoms with E-state index in [1.54, 1.807) is 6.07 Å². The second-order valence-corrected chi connectivity index (χ2v) is 7.56. The van der Waals surface area contributed by atoms with Gasteiger partial charge >= 0.3 is 0 Å². The molecular formula is C25H20Cl2N2. The van der Waals surface area contributed by atoms with Crippen LogP contribution in [0.5, 0.6) is 0 Å². The minimum Gasteiger partial charge on any atom is -0.331 e. The molecule has 1 heterocycles. The first-order valence-corrected chi connectivity index (χ1v) is 10.3. The molecule has 0 bridgehead atoms. The molecule has 0 fully saturated rings. The molecule has 0 saturated carbocycles. The molecule has 2 nitrogen and oxygen atoms in total. The molecule has 0 aliphatic heterocycles. The van der Waals surface area contributed by atoms with Crippen molar-refractivity contribution in [3.05, 3.63) is 100 Å². The number of hydrogen-bond acceptors (Lipinski definition) is 1. The van der Waals surface area contributed by atoms with Crippen LogP contribution in [0.3, 0.4) is 0 Å². The lowest BCUT2D eigenvalue weighted by atomic mass is 10.0. The van der Waals surface area contributed by atoms with Crippen molar-refractivity contribution < 1.29 is 0 Å². The number of aromatic nitrogens is 2. The van der Waals surface area contributed by atoms with Gasteiger partial charge in [0, 0.05) is 23.3 Å². The molecule has 4 heteroatoms. The Kier molecular flexibility index (Phi) is 5.84. The Balaban J connectivity index is 1.64. The van der Waals surface area contributed by atoms with Gasteiger partial charge in [0.15, 0.2) is 0 Å². The zero-order chi connectivity index (χ0) is 20.2. The molecule has 4 aromatic rings. The molecular weight excluding hydrogens is 399 g/mol. The predicted octanol–water partition coefficient (Wildman–Crippen LogP) is 7.71. The first kappa shape index (κ1) is 19.5. The molecule has 0 amide bonds. The van der Waals surface area contributed by atoms with Gasteiger partial charge < -0.3 is 4.57 Å². The van der Waals surface area contributed by atoms with E-state index >= 15 is 0 Å². The van der Waals surface area contributed by atoms with Gasteiger partial charge in [-0.1, -0.05) is 77.8 Å². The van der Waals surface area contributed by atoms with Gasteiger partial charge in [0.1, 0.15) is 5.82 Å². The second-order valence-electron chi connectivity index (χ2n) is 6.72. The fourth-order valence-corrected chi connectivity index (χ4v) is 3.77.